The SMILES string of the molecule is O=C(CNc1ccc(F)cc1Br)N1CCc2sccc2C1. The predicted octanol–water partition coefficient (Wildman–Crippen LogP) is 3.65. The van der Waals surface area contributed by atoms with Crippen molar-refractivity contribution in [2.75, 3.05) is 18.4 Å². The predicted molar refractivity (Wildman–Crippen MR) is 86.0 cm³/mol. The van der Waals surface area contributed by atoms with Crippen LogP contribution in [0.2, 0.25) is 0 Å². The Labute approximate surface area is 134 Å². The van der Waals surface area contributed by atoms with Crippen molar-refractivity contribution >= 4 is 38.9 Å². The van der Waals surface area contributed by atoms with E-state index in [1.807, 2.05) is 4.90 Å². The number of benzene rings is 1. The van der Waals surface area contributed by atoms with Gasteiger partial charge < -0.3 is 10.2 Å². The van der Waals surface area contributed by atoms with E-state index in [-0.39, 0.29) is 18.3 Å². The van der Waals surface area contributed by atoms with Crippen molar-refractivity contribution in [2.45, 2.75) is 13.0 Å². The van der Waals surface area contributed by atoms with E-state index in [1.165, 1.54) is 22.6 Å². The number of halogens is 2. The zero-order valence-electron chi connectivity index (χ0n) is 11.2. The van der Waals surface area contributed by atoms with Crippen LogP contribution in [0.5, 0.6) is 0 Å². The molecule has 0 spiro atoms. The first kappa shape index (κ1) is 14.5. The van der Waals surface area contributed by atoms with Gasteiger partial charge in [-0.3, -0.25) is 4.79 Å². The molecule has 0 radical (unpaired) electrons. The molecule has 110 valence electrons. The van der Waals surface area contributed by atoms with Gasteiger partial charge in [-0.25, -0.2) is 4.39 Å². The molecule has 1 aliphatic heterocycles. The fourth-order valence-corrected chi connectivity index (χ4v) is 3.76. The molecule has 1 aromatic heterocycles. The Bertz CT molecular complexity index is 673. The van der Waals surface area contributed by atoms with Gasteiger partial charge in [-0.05, 0) is 57.6 Å². The zero-order chi connectivity index (χ0) is 14.8. The third-order valence-corrected chi connectivity index (χ3v) is 5.20. The molecular weight excluding hydrogens is 355 g/mol. The molecule has 1 amide bonds. The molecule has 21 heavy (non-hydrogen) atoms. The maximum atomic E-state index is 13.0. The van der Waals surface area contributed by atoms with Crippen molar-refractivity contribution < 1.29 is 9.18 Å². The number of nitrogens with zero attached hydrogens (tertiary/aromatic N) is 1. The third kappa shape index (κ3) is 3.27. The van der Waals surface area contributed by atoms with E-state index >= 15 is 0 Å². The topological polar surface area (TPSA) is 32.3 Å². The van der Waals surface area contributed by atoms with Crippen LogP contribution < -0.4 is 5.32 Å². The maximum Gasteiger partial charge on any atom is 0.242 e. The van der Waals surface area contributed by atoms with Crippen LogP contribution in [-0.4, -0.2) is 23.9 Å². The molecular formula is C15H14BrFN2OS. The smallest absolute Gasteiger partial charge is 0.242 e. The summed E-state index contributed by atoms with van der Waals surface area (Å²) in [4.78, 5) is 15.5. The van der Waals surface area contributed by atoms with E-state index in [2.05, 4.69) is 32.7 Å². The number of thiophene rings is 1. The normalized spacial score (nSPS) is 13.9. The Kier molecular flexibility index (Phi) is 4.26. The van der Waals surface area contributed by atoms with E-state index in [1.54, 1.807) is 17.4 Å². The molecule has 0 fully saturated rings. The summed E-state index contributed by atoms with van der Waals surface area (Å²) < 4.78 is 13.6. The van der Waals surface area contributed by atoms with Crippen molar-refractivity contribution in [1.82, 2.24) is 4.90 Å². The fourth-order valence-electron chi connectivity index (χ4n) is 2.38. The van der Waals surface area contributed by atoms with Crippen molar-refractivity contribution in [1.29, 1.82) is 0 Å². The van der Waals surface area contributed by atoms with Gasteiger partial charge in [0.05, 0.1) is 6.54 Å². The second kappa shape index (κ2) is 6.15. The van der Waals surface area contributed by atoms with Crippen molar-refractivity contribution in [2.24, 2.45) is 0 Å². The largest absolute Gasteiger partial charge is 0.375 e. The average Bonchev–Trinajstić information content (AvgIpc) is 2.93. The molecule has 0 unspecified atom stereocenters. The van der Waals surface area contributed by atoms with Gasteiger partial charge >= 0.3 is 0 Å². The van der Waals surface area contributed by atoms with E-state index in [0.717, 1.165) is 18.7 Å². The molecule has 0 bridgehead atoms. The van der Waals surface area contributed by atoms with Crippen LogP contribution in [0.3, 0.4) is 0 Å². The molecule has 0 saturated heterocycles. The molecule has 3 nitrogen and oxygen atoms in total. The summed E-state index contributed by atoms with van der Waals surface area (Å²) in [5, 5.41) is 5.13. The summed E-state index contributed by atoms with van der Waals surface area (Å²) in [6, 6.07) is 6.46. The van der Waals surface area contributed by atoms with Crippen LogP contribution in [0, 0.1) is 5.82 Å². The Balaban J connectivity index is 1.60. The minimum atomic E-state index is -0.306. The van der Waals surface area contributed by atoms with Gasteiger partial charge in [-0.15, -0.1) is 11.3 Å². The van der Waals surface area contributed by atoms with Crippen LogP contribution >= 0.6 is 27.3 Å². The summed E-state index contributed by atoms with van der Waals surface area (Å²) in [6.07, 6.45) is 0.930. The average molecular weight is 369 g/mol. The van der Waals surface area contributed by atoms with Crippen LogP contribution in [-0.2, 0) is 17.8 Å². The molecule has 1 N–H and O–H groups in total. The fraction of sp³-hybridized carbons (Fsp3) is 0.267. The number of rotatable bonds is 3. The van der Waals surface area contributed by atoms with E-state index < -0.39 is 0 Å². The minimum Gasteiger partial charge on any atom is -0.375 e. The highest BCUT2D eigenvalue weighted by molar-refractivity contribution is 9.10. The number of hydrogen-bond acceptors (Lipinski definition) is 3. The standard InChI is InChI=1S/C15H14BrFN2OS/c16-12-7-11(17)1-2-13(12)18-8-15(20)19-5-3-14-10(9-19)4-6-21-14/h1-2,4,6-7,18H,3,5,8-9H2. The molecule has 0 atom stereocenters. The molecule has 1 aromatic carbocycles. The monoisotopic (exact) mass is 368 g/mol. The minimum absolute atomic E-state index is 0.0584. The number of nitrogens with one attached hydrogen (secondary N) is 1. The van der Waals surface area contributed by atoms with Gasteiger partial charge in [0.2, 0.25) is 5.91 Å². The van der Waals surface area contributed by atoms with Gasteiger partial charge in [-0.2, -0.15) is 0 Å². The second-order valence-corrected chi connectivity index (χ2v) is 6.77. The molecule has 0 saturated carbocycles. The molecule has 1 aliphatic rings. The first-order chi connectivity index (χ1) is 10.1. The summed E-state index contributed by atoms with van der Waals surface area (Å²) in [6.45, 7) is 1.66. The highest BCUT2D eigenvalue weighted by Crippen LogP contribution is 2.25. The molecule has 2 aromatic rings. The Morgan fingerprint density at radius 1 is 1.43 bits per heavy atom. The summed E-state index contributed by atoms with van der Waals surface area (Å²) in [7, 11) is 0. The third-order valence-electron chi connectivity index (χ3n) is 3.52. The van der Waals surface area contributed by atoms with Crippen LogP contribution in [0.15, 0.2) is 34.1 Å². The van der Waals surface area contributed by atoms with Crippen molar-refractivity contribution in [3.63, 3.8) is 0 Å². The molecule has 3 rings (SSSR count). The quantitative estimate of drug-likeness (QED) is 0.896. The highest BCUT2D eigenvalue weighted by atomic mass is 79.9. The van der Waals surface area contributed by atoms with Gasteiger partial charge in [0, 0.05) is 28.1 Å². The molecule has 0 aliphatic carbocycles. The van der Waals surface area contributed by atoms with Crippen LogP contribution in [0.25, 0.3) is 0 Å². The number of carbonyl (C=O) groups excluding carboxylic acids is 1. The number of amides is 1. The van der Waals surface area contributed by atoms with Gasteiger partial charge in [0.1, 0.15) is 5.82 Å². The lowest BCUT2D eigenvalue weighted by Gasteiger charge is -2.27. The van der Waals surface area contributed by atoms with Gasteiger partial charge in [0.25, 0.3) is 0 Å². The number of hydrogen-bond donors (Lipinski definition) is 1. The van der Waals surface area contributed by atoms with Crippen LogP contribution in [0.4, 0.5) is 10.1 Å². The van der Waals surface area contributed by atoms with E-state index in [9.17, 15) is 9.18 Å². The summed E-state index contributed by atoms with van der Waals surface area (Å²) in [5.74, 6) is -0.247. The number of fused-ring (bicyclic) bond motifs is 1. The van der Waals surface area contributed by atoms with Crippen molar-refractivity contribution in [3.8, 4) is 0 Å². The number of anilines is 1. The summed E-state index contributed by atoms with van der Waals surface area (Å²) >= 11 is 5.04. The Morgan fingerprint density at radius 3 is 3.10 bits per heavy atom. The van der Waals surface area contributed by atoms with E-state index in [0.29, 0.717) is 11.0 Å². The van der Waals surface area contributed by atoms with E-state index in [4.69, 9.17) is 0 Å². The molecule has 2 heterocycles. The first-order valence-corrected chi connectivity index (χ1v) is 8.32. The lowest BCUT2D eigenvalue weighted by atomic mass is 10.1. The lowest BCUT2D eigenvalue weighted by Crippen LogP contribution is -2.38. The highest BCUT2D eigenvalue weighted by Gasteiger charge is 2.21. The Morgan fingerprint density at radius 2 is 2.29 bits per heavy atom. The molecule has 6 heteroatoms. The zero-order valence-corrected chi connectivity index (χ0v) is 13.6. The second-order valence-electron chi connectivity index (χ2n) is 4.91. The maximum absolute atomic E-state index is 13.0. The van der Waals surface area contributed by atoms with Crippen LogP contribution in [0.1, 0.15) is 10.4 Å². The Hall–Kier alpha value is -1.40. The first-order valence-electron chi connectivity index (χ1n) is 6.65. The van der Waals surface area contributed by atoms with Crippen molar-refractivity contribution in [3.05, 3.63) is 50.4 Å². The number of carbonyl (C=O) groups is 1. The summed E-state index contributed by atoms with van der Waals surface area (Å²) in [5.41, 5.74) is 1.97. The van der Waals surface area contributed by atoms with Gasteiger partial charge in [0.15, 0.2) is 0 Å². The van der Waals surface area contributed by atoms with Gasteiger partial charge in [-0.1, -0.05) is 0 Å². The lowest BCUT2D eigenvalue weighted by molar-refractivity contribution is -0.130.